The summed E-state index contributed by atoms with van der Waals surface area (Å²) in [6.45, 7) is 11.3. The summed E-state index contributed by atoms with van der Waals surface area (Å²) in [6.07, 6.45) is 13.6. The lowest BCUT2D eigenvalue weighted by molar-refractivity contribution is -0.117. The van der Waals surface area contributed by atoms with Crippen molar-refractivity contribution in [3.05, 3.63) is 90.6 Å². The second kappa shape index (κ2) is 15.7. The van der Waals surface area contributed by atoms with E-state index in [-0.39, 0.29) is 5.91 Å². The average molecular weight is 460 g/mol. The summed E-state index contributed by atoms with van der Waals surface area (Å²) in [5.74, 6) is -0.0347. The highest BCUT2D eigenvalue weighted by atomic mass is 16.1. The third-order valence-electron chi connectivity index (χ3n) is 5.72. The van der Waals surface area contributed by atoms with Crippen LogP contribution in [-0.4, -0.2) is 44.0 Å². The van der Waals surface area contributed by atoms with Crippen LogP contribution in [0.25, 0.3) is 16.5 Å². The second-order valence-corrected chi connectivity index (χ2v) is 8.50. The number of amides is 1. The molecular formula is C30H41N3O. The van der Waals surface area contributed by atoms with E-state index in [0.29, 0.717) is 12.1 Å². The molecule has 1 amide bonds. The Morgan fingerprint density at radius 1 is 1.03 bits per heavy atom. The van der Waals surface area contributed by atoms with E-state index >= 15 is 0 Å². The number of fused-ring (bicyclic) bond motifs is 1. The van der Waals surface area contributed by atoms with Crippen LogP contribution in [0.5, 0.6) is 0 Å². The minimum atomic E-state index is -0.0347. The summed E-state index contributed by atoms with van der Waals surface area (Å²) in [7, 11) is 2.14. The fraction of sp³-hybridized carbons (Fsp3) is 0.367. The molecular weight excluding hydrogens is 418 g/mol. The predicted molar refractivity (Wildman–Crippen MR) is 148 cm³/mol. The summed E-state index contributed by atoms with van der Waals surface area (Å²) >= 11 is 0. The van der Waals surface area contributed by atoms with Gasteiger partial charge in [-0.15, -0.1) is 0 Å². The zero-order chi connectivity index (χ0) is 24.6. The number of allylic oxidation sites excluding steroid dienone is 4. The zero-order valence-corrected chi connectivity index (χ0v) is 21.1. The van der Waals surface area contributed by atoms with E-state index in [4.69, 9.17) is 0 Å². The molecule has 0 radical (unpaired) electrons. The van der Waals surface area contributed by atoms with Gasteiger partial charge in [0.1, 0.15) is 0 Å². The molecule has 2 aromatic rings. The van der Waals surface area contributed by atoms with Gasteiger partial charge in [0.2, 0.25) is 0 Å². The predicted octanol–water partition coefficient (Wildman–Crippen LogP) is 6.09. The van der Waals surface area contributed by atoms with Gasteiger partial charge in [-0.05, 0) is 74.8 Å². The Morgan fingerprint density at radius 2 is 1.74 bits per heavy atom. The van der Waals surface area contributed by atoms with Gasteiger partial charge in [-0.1, -0.05) is 80.6 Å². The number of unbranched alkanes of at least 4 members (excludes halogenated alkanes) is 1. The molecule has 0 aliphatic heterocycles. The molecule has 2 N–H and O–H groups in total. The van der Waals surface area contributed by atoms with Crippen molar-refractivity contribution in [1.82, 2.24) is 15.5 Å². The highest BCUT2D eigenvalue weighted by Gasteiger charge is 2.06. The number of nitrogens with one attached hydrogen (secondary N) is 2. The molecule has 0 heterocycles. The van der Waals surface area contributed by atoms with Crippen LogP contribution >= 0.6 is 0 Å². The molecule has 0 aliphatic rings. The molecule has 182 valence electrons. The summed E-state index contributed by atoms with van der Waals surface area (Å²) in [6, 6.07) is 15.2. The van der Waals surface area contributed by atoms with Crippen molar-refractivity contribution in [2.75, 3.05) is 33.2 Å². The van der Waals surface area contributed by atoms with Gasteiger partial charge in [0.15, 0.2) is 0 Å². The number of hydrogen-bond acceptors (Lipinski definition) is 3. The Balaban J connectivity index is 1.74. The molecule has 4 nitrogen and oxygen atoms in total. The number of carbonyl (C=O) groups excluding carboxylic acids is 1. The minimum Gasteiger partial charge on any atom is -0.385 e. The van der Waals surface area contributed by atoms with E-state index in [1.54, 1.807) is 18.2 Å². The minimum absolute atomic E-state index is 0.0347. The standard InChI is InChI=1S/C30H41N3O/c1-5-8-14-25(7-3)30(34)32-21-13-23-33(4)22-12-20-31-29(17-9-6-2)28-19-18-26-15-10-11-16-27(26)24-28/h5,7-8,10-11,14-19,24,31H,1,6,9,12-13,20-23H2,2-4H3,(H,32,34)/b14-8-,25-7+,29-17+. The maximum atomic E-state index is 12.2. The summed E-state index contributed by atoms with van der Waals surface area (Å²) in [4.78, 5) is 14.5. The van der Waals surface area contributed by atoms with Crippen molar-refractivity contribution in [3.8, 4) is 0 Å². The topological polar surface area (TPSA) is 44.4 Å². The summed E-state index contributed by atoms with van der Waals surface area (Å²) in [5.41, 5.74) is 3.14. The van der Waals surface area contributed by atoms with E-state index in [1.807, 2.05) is 13.0 Å². The number of carbonyl (C=O) groups is 1. The number of nitrogens with zero attached hydrogens (tertiary/aromatic N) is 1. The van der Waals surface area contributed by atoms with Gasteiger partial charge in [0.05, 0.1) is 0 Å². The molecule has 0 saturated heterocycles. The maximum absolute atomic E-state index is 12.2. The van der Waals surface area contributed by atoms with E-state index in [2.05, 4.69) is 84.6 Å². The Hall–Kier alpha value is -3.11. The van der Waals surface area contributed by atoms with Crippen LogP contribution in [0.1, 0.15) is 45.1 Å². The fourth-order valence-corrected chi connectivity index (χ4v) is 3.75. The van der Waals surface area contributed by atoms with Gasteiger partial charge >= 0.3 is 0 Å². The highest BCUT2D eigenvalue weighted by molar-refractivity contribution is 5.96. The van der Waals surface area contributed by atoms with Crippen LogP contribution < -0.4 is 10.6 Å². The monoisotopic (exact) mass is 459 g/mol. The lowest BCUT2D eigenvalue weighted by Crippen LogP contribution is -2.30. The van der Waals surface area contributed by atoms with Crippen LogP contribution in [0, 0.1) is 0 Å². The summed E-state index contributed by atoms with van der Waals surface area (Å²) < 4.78 is 0. The van der Waals surface area contributed by atoms with Crippen molar-refractivity contribution in [1.29, 1.82) is 0 Å². The molecule has 4 heteroatoms. The van der Waals surface area contributed by atoms with Gasteiger partial charge < -0.3 is 15.5 Å². The summed E-state index contributed by atoms with van der Waals surface area (Å²) in [5, 5.41) is 9.20. The zero-order valence-electron chi connectivity index (χ0n) is 21.1. The third kappa shape index (κ3) is 9.40. The first-order valence-electron chi connectivity index (χ1n) is 12.4. The Labute approximate surface area is 206 Å². The molecule has 0 aliphatic carbocycles. The Kier molecular flexibility index (Phi) is 12.5. The van der Waals surface area contributed by atoms with Crippen LogP contribution in [0.15, 0.2) is 85.0 Å². The first kappa shape index (κ1) is 27.1. The molecule has 0 fully saturated rings. The van der Waals surface area contributed by atoms with Gasteiger partial charge in [0, 0.05) is 24.4 Å². The molecule has 0 unspecified atom stereocenters. The van der Waals surface area contributed by atoms with Crippen LogP contribution in [0.3, 0.4) is 0 Å². The first-order chi connectivity index (χ1) is 16.6. The lowest BCUT2D eigenvalue weighted by Gasteiger charge is -2.18. The first-order valence-corrected chi connectivity index (χ1v) is 12.4. The quantitative estimate of drug-likeness (QED) is 0.192. The molecule has 2 aromatic carbocycles. The second-order valence-electron chi connectivity index (χ2n) is 8.50. The molecule has 0 saturated carbocycles. The average Bonchev–Trinajstić information content (AvgIpc) is 2.86. The van der Waals surface area contributed by atoms with Crippen molar-refractivity contribution < 1.29 is 4.79 Å². The SMILES string of the molecule is C=C/C=C\C(=C/C)C(=O)NCCCN(C)CCCN/C(=C/CCC)c1ccc2ccccc2c1. The molecule has 2 rings (SSSR count). The van der Waals surface area contributed by atoms with Gasteiger partial charge in [-0.3, -0.25) is 4.79 Å². The molecule has 0 atom stereocenters. The van der Waals surface area contributed by atoms with Gasteiger partial charge in [-0.2, -0.15) is 0 Å². The number of hydrogen-bond donors (Lipinski definition) is 2. The van der Waals surface area contributed by atoms with E-state index in [0.717, 1.165) is 45.3 Å². The lowest BCUT2D eigenvalue weighted by atomic mass is 10.0. The van der Waals surface area contributed by atoms with Crippen molar-refractivity contribution in [3.63, 3.8) is 0 Å². The molecule has 0 aromatic heterocycles. The van der Waals surface area contributed by atoms with Gasteiger partial charge in [0.25, 0.3) is 5.91 Å². The Morgan fingerprint density at radius 3 is 2.41 bits per heavy atom. The van der Waals surface area contributed by atoms with Crippen LogP contribution in [-0.2, 0) is 4.79 Å². The Bertz CT molecular complexity index is 1000. The van der Waals surface area contributed by atoms with Gasteiger partial charge in [-0.25, -0.2) is 0 Å². The van der Waals surface area contributed by atoms with Crippen LogP contribution in [0.2, 0.25) is 0 Å². The van der Waals surface area contributed by atoms with Crippen molar-refractivity contribution >= 4 is 22.4 Å². The number of benzene rings is 2. The molecule has 0 spiro atoms. The van der Waals surface area contributed by atoms with Crippen LogP contribution in [0.4, 0.5) is 0 Å². The normalized spacial score (nSPS) is 12.5. The van der Waals surface area contributed by atoms with Crippen molar-refractivity contribution in [2.45, 2.75) is 39.5 Å². The smallest absolute Gasteiger partial charge is 0.250 e. The van der Waals surface area contributed by atoms with E-state index < -0.39 is 0 Å². The fourth-order valence-electron chi connectivity index (χ4n) is 3.75. The molecule has 34 heavy (non-hydrogen) atoms. The van der Waals surface area contributed by atoms with E-state index in [9.17, 15) is 4.79 Å². The van der Waals surface area contributed by atoms with E-state index in [1.165, 1.54) is 22.0 Å². The highest BCUT2D eigenvalue weighted by Crippen LogP contribution is 2.20. The largest absolute Gasteiger partial charge is 0.385 e. The maximum Gasteiger partial charge on any atom is 0.250 e. The number of rotatable bonds is 15. The third-order valence-corrected chi connectivity index (χ3v) is 5.72. The molecule has 0 bridgehead atoms. The van der Waals surface area contributed by atoms with Crippen molar-refractivity contribution in [2.24, 2.45) is 0 Å².